The van der Waals surface area contributed by atoms with Gasteiger partial charge in [0.1, 0.15) is 12.2 Å². The first-order chi connectivity index (χ1) is 16.0. The number of allylic oxidation sites excluding steroid dienone is 1. The highest BCUT2D eigenvalue weighted by atomic mass is 35.5. The quantitative estimate of drug-likeness (QED) is 0.169. The van der Waals surface area contributed by atoms with Crippen LogP contribution in [0.15, 0.2) is 69.5 Å². The van der Waals surface area contributed by atoms with Gasteiger partial charge >= 0.3 is 5.63 Å². The van der Waals surface area contributed by atoms with Crippen molar-refractivity contribution in [3.63, 3.8) is 0 Å². The maximum absolute atomic E-state index is 13.9. The average molecular weight is 486 g/mol. The maximum atomic E-state index is 13.9. The summed E-state index contributed by atoms with van der Waals surface area (Å²) in [7, 11) is 0. The van der Waals surface area contributed by atoms with Crippen LogP contribution in [0.2, 0.25) is 5.02 Å². The number of hydrogen-bond acceptors (Lipinski definition) is 6. The minimum absolute atomic E-state index is 0.0512. The SMILES string of the molecule is C=CCn1c(COc2ccccc2F)nnc1SCc1cc(=O)oc2cc(CC)c(Cl)cc12. The van der Waals surface area contributed by atoms with Crippen molar-refractivity contribution >= 4 is 34.3 Å². The minimum atomic E-state index is -0.443. The van der Waals surface area contributed by atoms with Crippen molar-refractivity contribution in [3.05, 3.63) is 93.3 Å². The second-order valence-electron chi connectivity index (χ2n) is 7.19. The van der Waals surface area contributed by atoms with Gasteiger partial charge in [-0.25, -0.2) is 9.18 Å². The average Bonchev–Trinajstić information content (AvgIpc) is 3.18. The largest absolute Gasteiger partial charge is 0.483 e. The zero-order chi connectivity index (χ0) is 23.4. The van der Waals surface area contributed by atoms with E-state index in [0.29, 0.717) is 33.9 Å². The molecule has 2 aromatic heterocycles. The number of fused-ring (bicyclic) bond motifs is 1. The zero-order valence-corrected chi connectivity index (χ0v) is 19.5. The number of benzene rings is 2. The Hall–Kier alpha value is -3.10. The number of thioether (sulfide) groups is 1. The number of hydrogen-bond donors (Lipinski definition) is 0. The van der Waals surface area contributed by atoms with Crippen LogP contribution >= 0.6 is 23.4 Å². The molecule has 0 bridgehead atoms. The Morgan fingerprint density at radius 1 is 1.24 bits per heavy atom. The van der Waals surface area contributed by atoms with Crippen LogP contribution in [0, 0.1) is 5.82 Å². The number of halogens is 2. The van der Waals surface area contributed by atoms with Gasteiger partial charge in [0.25, 0.3) is 0 Å². The molecule has 0 saturated carbocycles. The topological polar surface area (TPSA) is 70.2 Å². The number of ether oxygens (including phenoxy) is 1. The number of aryl methyl sites for hydroxylation is 1. The van der Waals surface area contributed by atoms with Crippen LogP contribution < -0.4 is 10.4 Å². The Morgan fingerprint density at radius 3 is 2.82 bits per heavy atom. The molecule has 0 N–H and O–H groups in total. The highest BCUT2D eigenvalue weighted by Gasteiger charge is 2.15. The second kappa shape index (κ2) is 10.2. The highest BCUT2D eigenvalue weighted by Crippen LogP contribution is 2.30. The monoisotopic (exact) mass is 485 g/mol. The van der Waals surface area contributed by atoms with E-state index in [0.717, 1.165) is 22.9 Å². The summed E-state index contributed by atoms with van der Waals surface area (Å²) in [6, 6.07) is 11.3. The predicted octanol–water partition coefficient (Wildman–Crippen LogP) is 5.80. The smallest absolute Gasteiger partial charge is 0.336 e. The third-order valence-corrected chi connectivity index (χ3v) is 6.40. The summed E-state index contributed by atoms with van der Waals surface area (Å²) in [6.45, 7) is 6.29. The molecule has 0 spiro atoms. The van der Waals surface area contributed by atoms with Gasteiger partial charge in [0.2, 0.25) is 0 Å². The molecule has 0 aliphatic rings. The normalized spacial score (nSPS) is 11.1. The molecular formula is C24H21ClFN3O3S. The molecule has 0 aliphatic carbocycles. The standard InChI is InChI=1S/C24H21ClFN3O3S/c1-3-9-29-22(13-31-20-8-6-5-7-19(20)26)27-28-24(29)33-14-16-11-23(30)32-21-10-15(4-2)18(25)12-17(16)21/h3,5-8,10-12H,1,4,9,13-14H2,2H3. The van der Waals surface area contributed by atoms with Gasteiger partial charge in [-0.15, -0.1) is 16.8 Å². The Balaban J connectivity index is 1.58. The maximum Gasteiger partial charge on any atom is 0.336 e. The van der Waals surface area contributed by atoms with Gasteiger partial charge in [-0.1, -0.05) is 48.5 Å². The van der Waals surface area contributed by atoms with Crippen LogP contribution in [0.5, 0.6) is 5.75 Å². The lowest BCUT2D eigenvalue weighted by molar-refractivity contribution is 0.275. The molecule has 0 saturated heterocycles. The second-order valence-corrected chi connectivity index (χ2v) is 8.54. The Morgan fingerprint density at radius 2 is 2.06 bits per heavy atom. The molecule has 2 heterocycles. The molecular weight excluding hydrogens is 465 g/mol. The van der Waals surface area contributed by atoms with Crippen molar-refractivity contribution in [2.45, 2.75) is 37.4 Å². The van der Waals surface area contributed by atoms with Crippen molar-refractivity contribution in [2.75, 3.05) is 0 Å². The lowest BCUT2D eigenvalue weighted by Gasteiger charge is -2.10. The molecule has 2 aromatic carbocycles. The van der Waals surface area contributed by atoms with E-state index in [1.54, 1.807) is 24.3 Å². The van der Waals surface area contributed by atoms with Gasteiger partial charge in [-0.05, 0) is 41.8 Å². The van der Waals surface area contributed by atoms with E-state index >= 15 is 0 Å². The Labute approximate surface area is 199 Å². The van der Waals surface area contributed by atoms with Crippen LogP contribution in [0.25, 0.3) is 11.0 Å². The van der Waals surface area contributed by atoms with Crippen molar-refractivity contribution in [1.29, 1.82) is 0 Å². The molecule has 4 aromatic rings. The number of rotatable bonds is 9. The first-order valence-corrected chi connectivity index (χ1v) is 11.6. The van der Waals surface area contributed by atoms with Gasteiger partial charge in [0.05, 0.1) is 0 Å². The summed E-state index contributed by atoms with van der Waals surface area (Å²) in [4.78, 5) is 12.1. The van der Waals surface area contributed by atoms with Crippen molar-refractivity contribution in [3.8, 4) is 5.75 Å². The van der Waals surface area contributed by atoms with E-state index in [1.807, 2.05) is 23.6 Å². The molecule has 33 heavy (non-hydrogen) atoms. The minimum Gasteiger partial charge on any atom is -0.483 e. The van der Waals surface area contributed by atoms with Gasteiger partial charge in [-0.2, -0.15) is 0 Å². The van der Waals surface area contributed by atoms with E-state index in [1.165, 1.54) is 23.9 Å². The van der Waals surface area contributed by atoms with Gasteiger partial charge in [0.15, 0.2) is 22.5 Å². The molecule has 6 nitrogen and oxygen atoms in total. The van der Waals surface area contributed by atoms with E-state index in [9.17, 15) is 9.18 Å². The Bertz CT molecular complexity index is 1370. The van der Waals surface area contributed by atoms with Crippen molar-refractivity contribution < 1.29 is 13.5 Å². The number of aromatic nitrogens is 3. The van der Waals surface area contributed by atoms with Crippen LogP contribution in [-0.4, -0.2) is 14.8 Å². The van der Waals surface area contributed by atoms with Crippen molar-refractivity contribution in [2.24, 2.45) is 0 Å². The van der Waals surface area contributed by atoms with Crippen LogP contribution in [0.1, 0.15) is 23.9 Å². The summed E-state index contributed by atoms with van der Waals surface area (Å²) in [5.41, 5.74) is 1.79. The first kappa shape index (κ1) is 23.1. The number of para-hydroxylation sites is 1. The Kier molecular flexibility index (Phi) is 7.15. The molecule has 0 unspecified atom stereocenters. The van der Waals surface area contributed by atoms with Gasteiger partial charge in [-0.3, -0.25) is 4.57 Å². The van der Waals surface area contributed by atoms with E-state index < -0.39 is 11.4 Å². The highest BCUT2D eigenvalue weighted by molar-refractivity contribution is 7.98. The van der Waals surface area contributed by atoms with Crippen LogP contribution in [0.4, 0.5) is 4.39 Å². The molecule has 170 valence electrons. The molecule has 0 aliphatic heterocycles. The zero-order valence-electron chi connectivity index (χ0n) is 17.9. The predicted molar refractivity (Wildman–Crippen MR) is 127 cm³/mol. The third-order valence-electron chi connectivity index (χ3n) is 5.03. The van der Waals surface area contributed by atoms with Crippen LogP contribution in [0.3, 0.4) is 0 Å². The molecule has 0 radical (unpaired) electrons. The fourth-order valence-electron chi connectivity index (χ4n) is 3.37. The molecule has 9 heteroatoms. The molecule has 0 amide bonds. The lowest BCUT2D eigenvalue weighted by Crippen LogP contribution is -2.08. The lowest BCUT2D eigenvalue weighted by atomic mass is 10.1. The van der Waals surface area contributed by atoms with E-state index in [4.69, 9.17) is 20.8 Å². The summed E-state index contributed by atoms with van der Waals surface area (Å²) in [5.74, 6) is 0.689. The summed E-state index contributed by atoms with van der Waals surface area (Å²) in [6.07, 6.45) is 2.46. The molecule has 0 atom stereocenters. The summed E-state index contributed by atoms with van der Waals surface area (Å²) in [5, 5.41) is 10.5. The first-order valence-electron chi connectivity index (χ1n) is 10.3. The van der Waals surface area contributed by atoms with Crippen LogP contribution in [-0.2, 0) is 25.3 Å². The fraction of sp³-hybridized carbons (Fsp3) is 0.208. The molecule has 4 rings (SSSR count). The van der Waals surface area contributed by atoms with E-state index in [2.05, 4.69) is 16.8 Å². The number of nitrogens with zero attached hydrogens (tertiary/aromatic N) is 3. The van der Waals surface area contributed by atoms with Crippen molar-refractivity contribution in [1.82, 2.24) is 14.8 Å². The summed E-state index contributed by atoms with van der Waals surface area (Å²) >= 11 is 7.81. The fourth-order valence-corrected chi connectivity index (χ4v) is 4.63. The van der Waals surface area contributed by atoms with Gasteiger partial charge in [0, 0.05) is 28.8 Å². The molecule has 0 fully saturated rings. The van der Waals surface area contributed by atoms with Gasteiger partial charge < -0.3 is 9.15 Å². The summed E-state index contributed by atoms with van der Waals surface area (Å²) < 4.78 is 26.7. The third kappa shape index (κ3) is 5.12. The van der Waals surface area contributed by atoms with E-state index in [-0.39, 0.29) is 12.4 Å².